The number of anilines is 2. The van der Waals surface area contributed by atoms with E-state index in [0.717, 1.165) is 28.6 Å². The predicted octanol–water partition coefficient (Wildman–Crippen LogP) is 9.25. The Morgan fingerprint density at radius 1 is 0.776 bits per heavy atom. The number of hydrogen-bond donors (Lipinski definition) is 1. The first-order valence-corrected chi connectivity index (χ1v) is 18.3. The van der Waals surface area contributed by atoms with Gasteiger partial charge in [-0.25, -0.2) is 31.1 Å². The molecule has 9 nitrogen and oxygen atoms in total. The molecule has 0 atom stereocenters. The Morgan fingerprint density at radius 2 is 1.24 bits per heavy atom. The number of nitrogens with zero attached hydrogens (tertiary/aromatic N) is 3. The van der Waals surface area contributed by atoms with E-state index in [0.29, 0.717) is 23.3 Å². The predicted molar refractivity (Wildman–Crippen MR) is 179 cm³/mol. The molecule has 4 aromatic rings. The van der Waals surface area contributed by atoms with Gasteiger partial charge in [0.05, 0.1) is 42.3 Å². The zero-order chi connectivity index (χ0) is 37.1. The quantitative estimate of drug-likeness (QED) is 0.106. The fourth-order valence-electron chi connectivity index (χ4n) is 3.82. The van der Waals surface area contributed by atoms with E-state index < -0.39 is 70.1 Å². The van der Waals surface area contributed by atoms with Crippen molar-refractivity contribution in [3.05, 3.63) is 102 Å². The molecule has 0 bridgehead atoms. The number of benzene rings is 2. The van der Waals surface area contributed by atoms with E-state index in [1.54, 1.807) is 13.8 Å². The lowest BCUT2D eigenvalue weighted by atomic mass is 10.2. The third-order valence-electron chi connectivity index (χ3n) is 6.08. The third kappa shape index (κ3) is 10.2. The third-order valence-corrected chi connectivity index (χ3v) is 11.1. The highest BCUT2D eigenvalue weighted by Gasteiger charge is 2.37. The van der Waals surface area contributed by atoms with Crippen LogP contribution in [-0.4, -0.2) is 40.6 Å². The van der Waals surface area contributed by atoms with Crippen LogP contribution in [0.15, 0.2) is 79.9 Å². The van der Waals surface area contributed by atoms with Crippen molar-refractivity contribution in [3.8, 4) is 0 Å². The van der Waals surface area contributed by atoms with Crippen molar-refractivity contribution >= 4 is 86.5 Å². The average molecular weight is 903 g/mol. The molecule has 0 saturated heterocycles. The summed E-state index contributed by atoms with van der Waals surface area (Å²) in [6.07, 6.45) is -6.53. The normalized spacial score (nSPS) is 12.3. The number of rotatable bonds is 8. The van der Waals surface area contributed by atoms with Crippen LogP contribution in [0.1, 0.15) is 22.3 Å². The second-order valence-corrected chi connectivity index (χ2v) is 15.7. The summed E-state index contributed by atoms with van der Waals surface area (Å²) in [5, 5.41) is -1.16. The summed E-state index contributed by atoms with van der Waals surface area (Å²) < 4.78 is 137. The van der Waals surface area contributed by atoms with E-state index in [9.17, 15) is 43.2 Å². The Morgan fingerprint density at radius 3 is 1.76 bits per heavy atom. The molecule has 1 N–H and O–H groups in total. The Kier molecular flexibility index (Phi) is 13.0. The monoisotopic (exact) mass is 900 g/mol. The number of sulfonamides is 2. The molecule has 0 aliphatic heterocycles. The van der Waals surface area contributed by atoms with Crippen LogP contribution in [0.2, 0.25) is 10.0 Å². The molecule has 0 aliphatic carbocycles. The van der Waals surface area contributed by atoms with Gasteiger partial charge in [0.25, 0.3) is 20.0 Å². The van der Waals surface area contributed by atoms with E-state index >= 15 is 0 Å². The highest BCUT2D eigenvalue weighted by atomic mass is 79.9. The number of ether oxygens (including phenoxy) is 1. The highest BCUT2D eigenvalue weighted by Crippen LogP contribution is 2.38. The zero-order valence-corrected chi connectivity index (χ0v) is 31.3. The standard InChI is InChI=1S/C15H13BrClF3N2O3S.C13H9BrClF3N2O2S/c1-9-5-13(14(16)21-7-9)22(8-25-2)26(23,24)10-3-4-12(17)11(6-10)15(18,19)20;1-7-4-11(12(14)19-6-7)20-23(21,22)8-2-3-10(15)9(5-8)13(16,17)18/h3-7H,8H2,1-2H3;2-6,20H,1H3. The number of alkyl halides is 6. The molecule has 0 fully saturated rings. The van der Waals surface area contributed by atoms with Gasteiger partial charge in [-0.15, -0.1) is 0 Å². The van der Waals surface area contributed by atoms with Crippen molar-refractivity contribution in [2.45, 2.75) is 36.0 Å². The van der Waals surface area contributed by atoms with Gasteiger partial charge in [-0.2, -0.15) is 26.3 Å². The lowest BCUT2D eigenvalue weighted by molar-refractivity contribution is -0.138. The van der Waals surface area contributed by atoms with Gasteiger partial charge in [-0.1, -0.05) is 23.2 Å². The van der Waals surface area contributed by atoms with Crippen LogP contribution in [0, 0.1) is 13.8 Å². The molecule has 0 radical (unpaired) electrons. The van der Waals surface area contributed by atoms with Gasteiger partial charge in [0.15, 0.2) is 0 Å². The molecular formula is C28H22Br2Cl2F6N4O5S2. The van der Waals surface area contributed by atoms with Crippen molar-refractivity contribution in [2.24, 2.45) is 0 Å². The maximum absolute atomic E-state index is 13.1. The van der Waals surface area contributed by atoms with Crippen LogP contribution in [0.25, 0.3) is 0 Å². The van der Waals surface area contributed by atoms with Crippen LogP contribution in [0.5, 0.6) is 0 Å². The second-order valence-electron chi connectivity index (χ2n) is 9.83. The Labute approximate surface area is 304 Å². The number of pyridine rings is 2. The average Bonchev–Trinajstić information content (AvgIpc) is 2.98. The molecule has 2 aromatic heterocycles. The van der Waals surface area contributed by atoms with Crippen LogP contribution in [0.4, 0.5) is 37.7 Å². The van der Waals surface area contributed by atoms with Crippen LogP contribution >= 0.6 is 55.1 Å². The largest absolute Gasteiger partial charge is 0.417 e. The van der Waals surface area contributed by atoms with Gasteiger partial charge in [0.2, 0.25) is 0 Å². The second kappa shape index (κ2) is 15.7. The fourth-order valence-corrected chi connectivity index (χ4v) is 7.76. The lowest BCUT2D eigenvalue weighted by Gasteiger charge is -2.25. The van der Waals surface area contributed by atoms with E-state index in [4.69, 9.17) is 27.9 Å². The highest BCUT2D eigenvalue weighted by molar-refractivity contribution is 9.10. The molecule has 21 heteroatoms. The molecule has 266 valence electrons. The summed E-state index contributed by atoms with van der Waals surface area (Å²) in [6.45, 7) is 2.97. The number of methoxy groups -OCH3 is 1. The summed E-state index contributed by atoms with van der Waals surface area (Å²) in [4.78, 5) is 6.81. The van der Waals surface area contributed by atoms with Gasteiger partial charge >= 0.3 is 12.4 Å². The zero-order valence-electron chi connectivity index (χ0n) is 25.0. The summed E-state index contributed by atoms with van der Waals surface area (Å²) in [6, 6.07) is 7.79. The topological polar surface area (TPSA) is 119 Å². The van der Waals surface area contributed by atoms with Gasteiger partial charge in [0, 0.05) is 19.5 Å². The van der Waals surface area contributed by atoms with Gasteiger partial charge < -0.3 is 4.74 Å². The smallest absolute Gasteiger partial charge is 0.363 e. The van der Waals surface area contributed by atoms with E-state index in [1.165, 1.54) is 31.6 Å². The molecule has 0 amide bonds. The minimum absolute atomic E-state index is 0.119. The summed E-state index contributed by atoms with van der Waals surface area (Å²) in [5.41, 5.74) is -0.865. The molecule has 49 heavy (non-hydrogen) atoms. The van der Waals surface area contributed by atoms with E-state index in [2.05, 4.69) is 46.5 Å². The van der Waals surface area contributed by atoms with Crippen molar-refractivity contribution in [2.75, 3.05) is 22.9 Å². The Balaban J connectivity index is 0.000000267. The number of hydrogen-bond acceptors (Lipinski definition) is 7. The van der Waals surface area contributed by atoms with Crippen molar-refractivity contribution in [3.63, 3.8) is 0 Å². The molecule has 2 aromatic carbocycles. The van der Waals surface area contributed by atoms with E-state index in [1.807, 2.05) is 0 Å². The van der Waals surface area contributed by atoms with Crippen LogP contribution in [0.3, 0.4) is 0 Å². The molecule has 4 rings (SSSR count). The maximum atomic E-state index is 13.1. The van der Waals surface area contributed by atoms with Crippen molar-refractivity contribution in [1.29, 1.82) is 0 Å². The van der Waals surface area contributed by atoms with Gasteiger partial charge in [-0.3, -0.25) is 4.72 Å². The molecule has 2 heterocycles. The van der Waals surface area contributed by atoms with E-state index in [-0.39, 0.29) is 20.6 Å². The van der Waals surface area contributed by atoms with Crippen LogP contribution in [-0.2, 0) is 37.1 Å². The number of nitrogens with one attached hydrogen (secondary N) is 1. The summed E-state index contributed by atoms with van der Waals surface area (Å²) in [7, 11) is -7.34. The first-order valence-electron chi connectivity index (χ1n) is 13.0. The van der Waals surface area contributed by atoms with Crippen molar-refractivity contribution in [1.82, 2.24) is 9.97 Å². The first-order chi connectivity index (χ1) is 22.5. The lowest BCUT2D eigenvalue weighted by Crippen LogP contribution is -2.33. The minimum Gasteiger partial charge on any atom is -0.363 e. The molecule has 0 saturated carbocycles. The fraction of sp³-hybridized carbons (Fsp3) is 0.214. The maximum Gasteiger partial charge on any atom is 0.417 e. The van der Waals surface area contributed by atoms with Gasteiger partial charge in [0.1, 0.15) is 15.9 Å². The SMILES string of the molecule is COCN(c1cc(C)cnc1Br)S(=O)(=O)c1ccc(Cl)c(C(F)(F)F)c1.Cc1cnc(Br)c(NS(=O)(=O)c2ccc(Cl)c(C(F)(F)F)c2)c1. The van der Waals surface area contributed by atoms with Gasteiger partial charge in [-0.05, 0) is 105 Å². The molecule has 0 unspecified atom stereocenters. The minimum atomic E-state index is -4.79. The van der Waals surface area contributed by atoms with Crippen LogP contribution < -0.4 is 9.03 Å². The summed E-state index contributed by atoms with van der Waals surface area (Å²) >= 11 is 17.3. The molecular weight excluding hydrogens is 881 g/mol. The molecule has 0 spiro atoms. The van der Waals surface area contributed by atoms with Crippen molar-refractivity contribution < 1.29 is 47.9 Å². The Bertz CT molecular complexity index is 2070. The Hall–Kier alpha value is -2.68. The number of halogens is 10. The first kappa shape index (κ1) is 40.7. The molecule has 0 aliphatic rings. The number of aryl methyl sites for hydroxylation is 2. The summed E-state index contributed by atoms with van der Waals surface area (Å²) in [5.74, 6) is 0. The number of aromatic nitrogens is 2.